The van der Waals surface area contributed by atoms with Gasteiger partial charge in [0, 0.05) is 29.9 Å². The van der Waals surface area contributed by atoms with Gasteiger partial charge in [0.1, 0.15) is 5.84 Å². The topological polar surface area (TPSA) is 96.7 Å². The van der Waals surface area contributed by atoms with Crippen LogP contribution in [0.5, 0.6) is 0 Å². The number of anilines is 1. The Balaban J connectivity index is 2.20. The van der Waals surface area contributed by atoms with Gasteiger partial charge in [-0.15, -0.1) is 0 Å². The SMILES string of the molecule is CNc1cc(C2(O)C(N)=Nc3ccc(Cl)cc32)ccc1CN. The number of nitrogens with one attached hydrogen (secondary N) is 1. The molecule has 1 unspecified atom stereocenters. The molecule has 1 atom stereocenters. The molecular formula is C16H17ClN4O. The first-order valence-corrected chi connectivity index (χ1v) is 7.26. The molecule has 6 heteroatoms. The number of aliphatic imine (C=N–C) groups is 1. The first-order chi connectivity index (χ1) is 10.5. The van der Waals surface area contributed by atoms with E-state index in [0.29, 0.717) is 28.4 Å². The molecule has 1 aliphatic rings. The number of rotatable bonds is 3. The Bertz CT molecular complexity index is 775. The van der Waals surface area contributed by atoms with Crippen LogP contribution in [0.3, 0.4) is 0 Å². The normalized spacial score (nSPS) is 19.7. The lowest BCUT2D eigenvalue weighted by Gasteiger charge is -2.26. The number of amidine groups is 1. The molecule has 2 aromatic rings. The van der Waals surface area contributed by atoms with Crippen molar-refractivity contribution in [2.75, 3.05) is 12.4 Å². The van der Waals surface area contributed by atoms with Crippen molar-refractivity contribution < 1.29 is 5.11 Å². The minimum Gasteiger partial charge on any atom is -0.388 e. The van der Waals surface area contributed by atoms with E-state index < -0.39 is 5.60 Å². The molecule has 3 rings (SSSR count). The van der Waals surface area contributed by atoms with E-state index in [2.05, 4.69) is 10.3 Å². The summed E-state index contributed by atoms with van der Waals surface area (Å²) >= 11 is 6.06. The lowest BCUT2D eigenvalue weighted by molar-refractivity contribution is 0.158. The van der Waals surface area contributed by atoms with Crippen molar-refractivity contribution in [3.63, 3.8) is 0 Å². The molecule has 2 aromatic carbocycles. The average molecular weight is 317 g/mol. The van der Waals surface area contributed by atoms with Gasteiger partial charge in [0.05, 0.1) is 5.69 Å². The third-order valence-electron chi connectivity index (χ3n) is 3.98. The van der Waals surface area contributed by atoms with Gasteiger partial charge >= 0.3 is 0 Å². The zero-order valence-electron chi connectivity index (χ0n) is 12.1. The number of hydrogen-bond donors (Lipinski definition) is 4. The van der Waals surface area contributed by atoms with E-state index in [-0.39, 0.29) is 5.84 Å². The smallest absolute Gasteiger partial charge is 0.174 e. The predicted molar refractivity (Wildman–Crippen MR) is 89.6 cm³/mol. The third-order valence-corrected chi connectivity index (χ3v) is 4.21. The molecule has 114 valence electrons. The van der Waals surface area contributed by atoms with E-state index in [1.54, 1.807) is 31.3 Å². The Hall–Kier alpha value is -2.08. The molecule has 0 saturated carbocycles. The number of benzene rings is 2. The Morgan fingerprint density at radius 2 is 2.05 bits per heavy atom. The minimum atomic E-state index is -1.49. The van der Waals surface area contributed by atoms with Crippen LogP contribution >= 0.6 is 11.6 Å². The van der Waals surface area contributed by atoms with Crippen LogP contribution in [-0.4, -0.2) is 18.0 Å². The molecule has 0 saturated heterocycles. The molecule has 1 heterocycles. The molecule has 22 heavy (non-hydrogen) atoms. The van der Waals surface area contributed by atoms with Gasteiger partial charge in [0.2, 0.25) is 0 Å². The number of halogens is 1. The van der Waals surface area contributed by atoms with E-state index >= 15 is 0 Å². The summed E-state index contributed by atoms with van der Waals surface area (Å²) in [5, 5.41) is 14.8. The van der Waals surface area contributed by atoms with E-state index in [1.165, 1.54) is 0 Å². The van der Waals surface area contributed by atoms with Gasteiger partial charge in [-0.2, -0.15) is 0 Å². The Labute approximate surface area is 133 Å². The van der Waals surface area contributed by atoms with E-state index in [9.17, 15) is 5.11 Å². The fourth-order valence-corrected chi connectivity index (χ4v) is 2.93. The fraction of sp³-hybridized carbons (Fsp3) is 0.188. The van der Waals surface area contributed by atoms with Crippen LogP contribution in [0, 0.1) is 0 Å². The van der Waals surface area contributed by atoms with Crippen molar-refractivity contribution in [1.82, 2.24) is 0 Å². The highest BCUT2D eigenvalue weighted by Crippen LogP contribution is 2.43. The zero-order valence-corrected chi connectivity index (χ0v) is 12.9. The minimum absolute atomic E-state index is 0.132. The lowest BCUT2D eigenvalue weighted by atomic mass is 9.85. The molecule has 0 fully saturated rings. The lowest BCUT2D eigenvalue weighted by Crippen LogP contribution is -2.39. The monoisotopic (exact) mass is 316 g/mol. The summed E-state index contributed by atoms with van der Waals surface area (Å²) in [7, 11) is 1.80. The van der Waals surface area contributed by atoms with Gasteiger partial charge in [-0.3, -0.25) is 0 Å². The van der Waals surface area contributed by atoms with E-state index in [4.69, 9.17) is 23.1 Å². The van der Waals surface area contributed by atoms with Gasteiger partial charge in [0.15, 0.2) is 5.60 Å². The van der Waals surface area contributed by atoms with Crippen molar-refractivity contribution in [3.8, 4) is 0 Å². The first-order valence-electron chi connectivity index (χ1n) is 6.89. The molecule has 0 aliphatic carbocycles. The second-order valence-electron chi connectivity index (χ2n) is 5.19. The molecule has 0 aromatic heterocycles. The highest BCUT2D eigenvalue weighted by Gasteiger charge is 2.42. The van der Waals surface area contributed by atoms with Gasteiger partial charge in [-0.05, 0) is 35.4 Å². The molecular weight excluding hydrogens is 300 g/mol. The summed E-state index contributed by atoms with van der Waals surface area (Å²) in [4.78, 5) is 4.26. The molecule has 0 spiro atoms. The molecule has 5 nitrogen and oxygen atoms in total. The average Bonchev–Trinajstić information content (AvgIpc) is 2.79. The molecule has 6 N–H and O–H groups in total. The van der Waals surface area contributed by atoms with Crippen molar-refractivity contribution in [2.24, 2.45) is 16.5 Å². The summed E-state index contributed by atoms with van der Waals surface area (Å²) < 4.78 is 0. The Morgan fingerprint density at radius 1 is 1.27 bits per heavy atom. The number of aliphatic hydroxyl groups is 1. The maximum atomic E-state index is 11.2. The van der Waals surface area contributed by atoms with Crippen molar-refractivity contribution >= 4 is 28.8 Å². The van der Waals surface area contributed by atoms with Crippen LogP contribution in [0.25, 0.3) is 0 Å². The number of fused-ring (bicyclic) bond motifs is 1. The summed E-state index contributed by atoms with van der Waals surface area (Å²) in [6, 6.07) is 10.7. The largest absolute Gasteiger partial charge is 0.388 e. The maximum Gasteiger partial charge on any atom is 0.174 e. The Morgan fingerprint density at radius 3 is 2.73 bits per heavy atom. The van der Waals surface area contributed by atoms with Crippen LogP contribution < -0.4 is 16.8 Å². The van der Waals surface area contributed by atoms with Crippen LogP contribution in [-0.2, 0) is 12.1 Å². The summed E-state index contributed by atoms with van der Waals surface area (Å²) in [6.45, 7) is 0.404. The van der Waals surface area contributed by atoms with Crippen molar-refractivity contribution in [1.29, 1.82) is 0 Å². The summed E-state index contributed by atoms with van der Waals surface area (Å²) in [5.74, 6) is 0.132. The van der Waals surface area contributed by atoms with Crippen LogP contribution in [0.4, 0.5) is 11.4 Å². The van der Waals surface area contributed by atoms with Crippen molar-refractivity contribution in [3.05, 3.63) is 58.1 Å². The highest BCUT2D eigenvalue weighted by atomic mass is 35.5. The predicted octanol–water partition coefficient (Wildman–Crippen LogP) is 2.08. The molecule has 1 aliphatic heterocycles. The third kappa shape index (κ3) is 2.06. The second kappa shape index (κ2) is 5.28. The fourth-order valence-electron chi connectivity index (χ4n) is 2.76. The molecule has 0 bridgehead atoms. The van der Waals surface area contributed by atoms with E-state index in [1.807, 2.05) is 12.1 Å². The van der Waals surface area contributed by atoms with Crippen LogP contribution in [0.15, 0.2) is 41.4 Å². The summed E-state index contributed by atoms with van der Waals surface area (Å²) in [5.41, 5.74) is 13.9. The number of hydrogen-bond acceptors (Lipinski definition) is 5. The van der Waals surface area contributed by atoms with Gasteiger partial charge < -0.3 is 21.9 Å². The van der Waals surface area contributed by atoms with Gasteiger partial charge in [-0.25, -0.2) is 4.99 Å². The van der Waals surface area contributed by atoms with Crippen LogP contribution in [0.1, 0.15) is 16.7 Å². The quantitative estimate of drug-likeness (QED) is 0.697. The van der Waals surface area contributed by atoms with Gasteiger partial charge in [-0.1, -0.05) is 23.7 Å². The second-order valence-corrected chi connectivity index (χ2v) is 5.63. The van der Waals surface area contributed by atoms with Crippen LogP contribution in [0.2, 0.25) is 5.02 Å². The zero-order chi connectivity index (χ0) is 15.9. The number of nitrogens with two attached hydrogens (primary N) is 2. The first kappa shape index (κ1) is 14.8. The van der Waals surface area contributed by atoms with Gasteiger partial charge in [0.25, 0.3) is 0 Å². The number of nitrogens with zero attached hydrogens (tertiary/aromatic N) is 1. The highest BCUT2D eigenvalue weighted by molar-refractivity contribution is 6.30. The maximum absolute atomic E-state index is 11.2. The summed E-state index contributed by atoms with van der Waals surface area (Å²) in [6.07, 6.45) is 0. The van der Waals surface area contributed by atoms with Crippen molar-refractivity contribution in [2.45, 2.75) is 12.1 Å². The molecule has 0 amide bonds. The molecule has 0 radical (unpaired) electrons. The van der Waals surface area contributed by atoms with E-state index in [0.717, 1.165) is 11.3 Å². The standard InChI is InChI=1S/C16H17ClN4O/c1-20-14-6-10(3-2-9(14)8-18)16(22)12-7-11(17)4-5-13(12)21-15(16)19/h2-7,20,22H,8,18H2,1H3,(H2,19,21). The Kier molecular flexibility index (Phi) is 3.56.